The summed E-state index contributed by atoms with van der Waals surface area (Å²) in [6.45, 7) is 2.21. The lowest BCUT2D eigenvalue weighted by Gasteiger charge is -2.43. The van der Waals surface area contributed by atoms with Crippen LogP contribution in [0.15, 0.2) is 24.3 Å². The monoisotopic (exact) mass is 205 g/mol. The predicted octanol–water partition coefficient (Wildman–Crippen LogP) is 2.68. The topological polar surface area (TPSA) is 12.0 Å². The Kier molecular flexibility index (Phi) is 2.06. The lowest BCUT2D eigenvalue weighted by Crippen LogP contribution is -2.36. The Morgan fingerprint density at radius 1 is 1.20 bits per heavy atom. The molecule has 1 nitrogen and oxygen atoms in total. The molecule has 1 unspecified atom stereocenters. The maximum atomic E-state index is 12.8. The third-order valence-corrected chi connectivity index (χ3v) is 4.19. The number of benzene rings is 1. The Bertz CT molecular complexity index is 353. The summed E-state index contributed by atoms with van der Waals surface area (Å²) in [6, 6.07) is 7.07. The fraction of sp³-hybridized carbons (Fsp3) is 0.538. The zero-order valence-electron chi connectivity index (χ0n) is 8.80. The average molecular weight is 205 g/mol. The van der Waals surface area contributed by atoms with E-state index < -0.39 is 0 Å². The van der Waals surface area contributed by atoms with Crippen molar-refractivity contribution in [1.82, 2.24) is 5.32 Å². The van der Waals surface area contributed by atoms with Crippen molar-refractivity contribution in [3.8, 4) is 0 Å². The van der Waals surface area contributed by atoms with Gasteiger partial charge in [-0.3, -0.25) is 0 Å². The number of halogens is 1. The molecular weight excluding hydrogens is 189 g/mol. The SMILES string of the molecule is Fc1ccc(C2CNCC23CCC3)cc1. The van der Waals surface area contributed by atoms with Crippen LogP contribution in [0.3, 0.4) is 0 Å². The first-order chi connectivity index (χ1) is 7.30. The minimum atomic E-state index is -0.132. The zero-order valence-corrected chi connectivity index (χ0v) is 8.80. The molecule has 2 fully saturated rings. The Morgan fingerprint density at radius 3 is 2.53 bits per heavy atom. The summed E-state index contributed by atoms with van der Waals surface area (Å²) < 4.78 is 12.8. The minimum absolute atomic E-state index is 0.132. The number of rotatable bonds is 1. The standard InChI is InChI=1S/C13H16FN/c14-11-4-2-10(3-5-11)12-8-15-9-13(12)6-1-7-13/h2-5,12,15H,1,6-9H2. The molecule has 1 atom stereocenters. The summed E-state index contributed by atoms with van der Waals surface area (Å²) in [5.41, 5.74) is 1.80. The van der Waals surface area contributed by atoms with Crippen LogP contribution in [-0.2, 0) is 0 Å². The van der Waals surface area contributed by atoms with Gasteiger partial charge in [0, 0.05) is 19.0 Å². The quantitative estimate of drug-likeness (QED) is 0.743. The molecule has 0 amide bonds. The lowest BCUT2D eigenvalue weighted by atomic mass is 9.61. The van der Waals surface area contributed by atoms with Gasteiger partial charge in [0.25, 0.3) is 0 Å². The van der Waals surface area contributed by atoms with Crippen molar-refractivity contribution in [3.63, 3.8) is 0 Å². The third kappa shape index (κ3) is 1.39. The number of nitrogens with one attached hydrogen (secondary N) is 1. The molecule has 1 spiro atoms. The van der Waals surface area contributed by atoms with E-state index in [1.807, 2.05) is 12.1 Å². The molecule has 15 heavy (non-hydrogen) atoms. The van der Waals surface area contributed by atoms with Crippen LogP contribution >= 0.6 is 0 Å². The largest absolute Gasteiger partial charge is 0.316 e. The Balaban J connectivity index is 1.90. The van der Waals surface area contributed by atoms with E-state index in [0.29, 0.717) is 11.3 Å². The van der Waals surface area contributed by atoms with Gasteiger partial charge in [-0.25, -0.2) is 4.39 Å². The predicted molar refractivity (Wildman–Crippen MR) is 58.3 cm³/mol. The first-order valence-electron chi connectivity index (χ1n) is 5.76. The van der Waals surface area contributed by atoms with Crippen molar-refractivity contribution in [1.29, 1.82) is 0 Å². The zero-order chi connectivity index (χ0) is 10.3. The fourth-order valence-electron chi connectivity index (χ4n) is 3.13. The van der Waals surface area contributed by atoms with E-state index in [1.54, 1.807) is 12.1 Å². The molecule has 1 aliphatic heterocycles. The molecule has 1 heterocycles. The van der Waals surface area contributed by atoms with Crippen molar-refractivity contribution in [2.24, 2.45) is 5.41 Å². The van der Waals surface area contributed by atoms with Gasteiger partial charge in [-0.1, -0.05) is 18.6 Å². The summed E-state index contributed by atoms with van der Waals surface area (Å²) in [7, 11) is 0. The van der Waals surface area contributed by atoms with E-state index >= 15 is 0 Å². The molecule has 1 saturated heterocycles. The maximum Gasteiger partial charge on any atom is 0.123 e. The smallest absolute Gasteiger partial charge is 0.123 e. The van der Waals surface area contributed by atoms with Crippen LogP contribution < -0.4 is 5.32 Å². The lowest BCUT2D eigenvalue weighted by molar-refractivity contribution is 0.137. The second-order valence-corrected chi connectivity index (χ2v) is 4.95. The van der Waals surface area contributed by atoms with Gasteiger partial charge < -0.3 is 5.32 Å². The van der Waals surface area contributed by atoms with Gasteiger partial charge in [-0.15, -0.1) is 0 Å². The average Bonchev–Trinajstić information content (AvgIpc) is 2.62. The van der Waals surface area contributed by atoms with Gasteiger partial charge >= 0.3 is 0 Å². The highest BCUT2D eigenvalue weighted by atomic mass is 19.1. The summed E-state index contributed by atoms with van der Waals surface area (Å²) in [5, 5.41) is 3.48. The molecule has 1 saturated carbocycles. The highest BCUT2D eigenvalue weighted by Crippen LogP contribution is 2.53. The molecular formula is C13H16FN. The summed E-state index contributed by atoms with van der Waals surface area (Å²) in [4.78, 5) is 0. The van der Waals surface area contributed by atoms with Crippen molar-refractivity contribution in [2.45, 2.75) is 25.2 Å². The minimum Gasteiger partial charge on any atom is -0.316 e. The first-order valence-corrected chi connectivity index (χ1v) is 5.76. The van der Waals surface area contributed by atoms with Crippen molar-refractivity contribution in [2.75, 3.05) is 13.1 Å². The van der Waals surface area contributed by atoms with Gasteiger partial charge in [0.05, 0.1) is 0 Å². The van der Waals surface area contributed by atoms with Gasteiger partial charge in [0.15, 0.2) is 0 Å². The Hall–Kier alpha value is -0.890. The summed E-state index contributed by atoms with van der Waals surface area (Å²) >= 11 is 0. The molecule has 3 rings (SSSR count). The molecule has 1 N–H and O–H groups in total. The Labute approximate surface area is 89.7 Å². The summed E-state index contributed by atoms with van der Waals surface area (Å²) in [6.07, 6.45) is 4.03. The van der Waals surface area contributed by atoms with E-state index in [4.69, 9.17) is 0 Å². The van der Waals surface area contributed by atoms with Gasteiger partial charge in [0.1, 0.15) is 5.82 Å². The molecule has 1 aliphatic carbocycles. The molecule has 80 valence electrons. The highest BCUT2D eigenvalue weighted by molar-refractivity contribution is 5.26. The fourth-order valence-corrected chi connectivity index (χ4v) is 3.13. The molecule has 2 heteroatoms. The first kappa shape index (κ1) is 9.34. The van der Waals surface area contributed by atoms with Crippen LogP contribution in [0, 0.1) is 11.2 Å². The van der Waals surface area contributed by atoms with E-state index in [-0.39, 0.29) is 5.82 Å². The van der Waals surface area contributed by atoms with Crippen LogP contribution in [-0.4, -0.2) is 13.1 Å². The number of hydrogen-bond donors (Lipinski definition) is 1. The van der Waals surface area contributed by atoms with E-state index in [0.717, 1.165) is 13.1 Å². The van der Waals surface area contributed by atoms with Crippen LogP contribution in [0.4, 0.5) is 4.39 Å². The van der Waals surface area contributed by atoms with Gasteiger partial charge in [-0.05, 0) is 36.0 Å². The third-order valence-electron chi connectivity index (χ3n) is 4.19. The Morgan fingerprint density at radius 2 is 1.93 bits per heavy atom. The second kappa shape index (κ2) is 3.31. The molecule has 2 aliphatic rings. The second-order valence-electron chi connectivity index (χ2n) is 4.95. The highest BCUT2D eigenvalue weighted by Gasteiger charge is 2.47. The number of hydrogen-bond acceptors (Lipinski definition) is 1. The van der Waals surface area contributed by atoms with Crippen molar-refractivity contribution < 1.29 is 4.39 Å². The van der Waals surface area contributed by atoms with Gasteiger partial charge in [-0.2, -0.15) is 0 Å². The van der Waals surface area contributed by atoms with Gasteiger partial charge in [0.2, 0.25) is 0 Å². The normalized spacial score (nSPS) is 27.9. The van der Waals surface area contributed by atoms with Crippen molar-refractivity contribution in [3.05, 3.63) is 35.6 Å². The maximum absolute atomic E-state index is 12.8. The molecule has 0 radical (unpaired) electrons. The van der Waals surface area contributed by atoms with Crippen LogP contribution in [0.25, 0.3) is 0 Å². The molecule has 1 aromatic rings. The van der Waals surface area contributed by atoms with Crippen LogP contribution in [0.5, 0.6) is 0 Å². The molecule has 1 aromatic carbocycles. The molecule has 0 bridgehead atoms. The van der Waals surface area contributed by atoms with E-state index in [1.165, 1.54) is 24.8 Å². The van der Waals surface area contributed by atoms with Crippen LogP contribution in [0.2, 0.25) is 0 Å². The van der Waals surface area contributed by atoms with E-state index in [9.17, 15) is 4.39 Å². The summed E-state index contributed by atoms with van der Waals surface area (Å²) in [5.74, 6) is 0.471. The van der Waals surface area contributed by atoms with Crippen molar-refractivity contribution >= 4 is 0 Å². The van der Waals surface area contributed by atoms with E-state index in [2.05, 4.69) is 5.32 Å². The molecule has 0 aromatic heterocycles. The van der Waals surface area contributed by atoms with Crippen LogP contribution in [0.1, 0.15) is 30.7 Å².